The summed E-state index contributed by atoms with van der Waals surface area (Å²) < 4.78 is 0. The van der Waals surface area contributed by atoms with Gasteiger partial charge in [0, 0.05) is 37.5 Å². The number of para-hydroxylation sites is 1. The molecule has 2 aromatic carbocycles. The minimum Gasteiger partial charge on any atom is -0.465 e. The Morgan fingerprint density at radius 1 is 0.889 bits per heavy atom. The number of pyridine rings is 1. The van der Waals surface area contributed by atoms with Crippen LogP contribution in [0.4, 0.5) is 4.79 Å². The molecule has 1 aromatic heterocycles. The van der Waals surface area contributed by atoms with Gasteiger partial charge in [0.25, 0.3) is 5.91 Å². The lowest BCUT2D eigenvalue weighted by Gasteiger charge is -2.28. The number of amides is 3. The molecule has 1 saturated carbocycles. The zero-order valence-electron chi connectivity index (χ0n) is 20.4. The molecule has 1 aliphatic carbocycles. The van der Waals surface area contributed by atoms with Gasteiger partial charge in [-0.05, 0) is 61.3 Å². The maximum absolute atomic E-state index is 13.3. The summed E-state index contributed by atoms with van der Waals surface area (Å²) >= 11 is 0. The minimum absolute atomic E-state index is 0.0893. The number of hydrogen-bond acceptors (Lipinski definition) is 4. The molecule has 0 bridgehead atoms. The first-order valence-electron chi connectivity index (χ1n) is 12.4. The van der Waals surface area contributed by atoms with Gasteiger partial charge >= 0.3 is 6.09 Å². The Kier molecular flexibility index (Phi) is 8.15. The van der Waals surface area contributed by atoms with Crippen LogP contribution in [0, 0.1) is 11.8 Å². The van der Waals surface area contributed by atoms with Crippen molar-refractivity contribution in [3.05, 3.63) is 65.7 Å². The van der Waals surface area contributed by atoms with Gasteiger partial charge in [-0.2, -0.15) is 0 Å². The van der Waals surface area contributed by atoms with Gasteiger partial charge in [-0.1, -0.05) is 36.4 Å². The zero-order valence-corrected chi connectivity index (χ0v) is 20.4. The Morgan fingerprint density at radius 3 is 2.28 bits per heavy atom. The topological polar surface area (TPSA) is 120 Å². The quantitative estimate of drug-likeness (QED) is 0.376. The molecule has 0 spiro atoms. The molecular weight excluding hydrogens is 456 g/mol. The highest BCUT2D eigenvalue weighted by Crippen LogP contribution is 2.29. The van der Waals surface area contributed by atoms with Crippen LogP contribution in [0.1, 0.15) is 48.5 Å². The molecule has 0 atom stereocenters. The molecule has 0 unspecified atom stereocenters. The van der Waals surface area contributed by atoms with Crippen LogP contribution in [-0.2, 0) is 11.3 Å². The highest BCUT2D eigenvalue weighted by Gasteiger charge is 2.23. The van der Waals surface area contributed by atoms with E-state index < -0.39 is 6.09 Å². The van der Waals surface area contributed by atoms with Crippen LogP contribution in [0.5, 0.6) is 0 Å². The predicted octanol–water partition coefficient (Wildman–Crippen LogP) is 4.34. The highest BCUT2D eigenvalue weighted by atomic mass is 16.4. The fraction of sp³-hybridized carbons (Fsp3) is 0.357. The third-order valence-electron chi connectivity index (χ3n) is 6.78. The molecule has 1 heterocycles. The lowest BCUT2D eigenvalue weighted by Crippen LogP contribution is -2.34. The van der Waals surface area contributed by atoms with Crippen molar-refractivity contribution in [3.8, 4) is 11.3 Å². The number of carboxylic acid groups (broad SMARTS) is 1. The summed E-state index contributed by atoms with van der Waals surface area (Å²) in [5.74, 6) is 0.529. The van der Waals surface area contributed by atoms with Crippen molar-refractivity contribution in [2.75, 3.05) is 13.1 Å². The molecule has 8 nitrogen and oxygen atoms in total. The van der Waals surface area contributed by atoms with Gasteiger partial charge in [0.1, 0.15) is 0 Å². The van der Waals surface area contributed by atoms with Crippen molar-refractivity contribution >= 4 is 28.8 Å². The van der Waals surface area contributed by atoms with Crippen molar-refractivity contribution < 1.29 is 19.5 Å². The minimum atomic E-state index is -0.979. The van der Waals surface area contributed by atoms with Gasteiger partial charge in [0.2, 0.25) is 5.91 Å². The molecule has 188 valence electrons. The lowest BCUT2D eigenvalue weighted by molar-refractivity contribution is -0.119. The molecule has 0 saturated heterocycles. The lowest BCUT2D eigenvalue weighted by atomic mass is 9.82. The normalized spacial score (nSPS) is 17.4. The summed E-state index contributed by atoms with van der Waals surface area (Å²) in [5, 5.41) is 18.0. The van der Waals surface area contributed by atoms with Crippen LogP contribution in [-0.4, -0.2) is 41.1 Å². The van der Waals surface area contributed by atoms with Crippen molar-refractivity contribution in [2.45, 2.75) is 39.2 Å². The Balaban J connectivity index is 1.47. The average molecular weight is 489 g/mol. The summed E-state index contributed by atoms with van der Waals surface area (Å²) in [7, 11) is 0. The number of rotatable bonds is 8. The molecule has 4 N–H and O–H groups in total. The van der Waals surface area contributed by atoms with Crippen molar-refractivity contribution in [1.29, 1.82) is 0 Å². The fourth-order valence-corrected chi connectivity index (χ4v) is 4.78. The second-order valence-electron chi connectivity index (χ2n) is 9.47. The Morgan fingerprint density at radius 2 is 1.58 bits per heavy atom. The van der Waals surface area contributed by atoms with E-state index in [1.54, 1.807) is 0 Å². The number of carbonyl (C=O) groups is 3. The number of carbonyl (C=O) groups excluding carboxylic acids is 2. The number of hydrogen-bond donors (Lipinski definition) is 4. The van der Waals surface area contributed by atoms with E-state index >= 15 is 0 Å². The number of benzene rings is 2. The molecule has 0 radical (unpaired) electrons. The van der Waals surface area contributed by atoms with Crippen LogP contribution in [0.15, 0.2) is 54.6 Å². The monoisotopic (exact) mass is 488 g/mol. The van der Waals surface area contributed by atoms with Crippen LogP contribution < -0.4 is 16.0 Å². The molecule has 1 fully saturated rings. The van der Waals surface area contributed by atoms with Crippen molar-refractivity contribution in [3.63, 3.8) is 0 Å². The smallest absolute Gasteiger partial charge is 0.404 e. The third kappa shape index (κ3) is 6.59. The molecule has 3 amide bonds. The van der Waals surface area contributed by atoms with Crippen molar-refractivity contribution in [2.24, 2.45) is 11.8 Å². The largest absolute Gasteiger partial charge is 0.465 e. The zero-order chi connectivity index (χ0) is 25.5. The first-order chi connectivity index (χ1) is 17.4. The van der Waals surface area contributed by atoms with E-state index in [1.807, 2.05) is 54.6 Å². The van der Waals surface area contributed by atoms with Crippen LogP contribution in [0.3, 0.4) is 0 Å². The molecule has 3 aromatic rings. The Labute approximate surface area is 210 Å². The standard InChI is InChI=1S/C28H32N4O4/c1-18(33)29-17-21-5-4-6-22(13-21)26-14-24(23-7-2-3-8-25(23)32-26)27(34)30-15-19-9-11-20(12-10-19)16-31-28(35)36/h2-8,13-14,19-20,31H,9-12,15-17H2,1H3,(H,29,33)(H,30,34)(H,35,36)/t19-,20-. The van der Waals surface area contributed by atoms with Crippen LogP contribution in [0.25, 0.3) is 22.2 Å². The van der Waals surface area contributed by atoms with E-state index in [2.05, 4.69) is 16.0 Å². The number of nitrogens with zero attached hydrogens (tertiary/aromatic N) is 1. The van der Waals surface area contributed by atoms with E-state index in [9.17, 15) is 14.4 Å². The van der Waals surface area contributed by atoms with E-state index in [1.165, 1.54) is 6.92 Å². The summed E-state index contributed by atoms with van der Waals surface area (Å²) in [6.45, 7) is 3.00. The second kappa shape index (κ2) is 11.7. The molecular formula is C28H32N4O4. The third-order valence-corrected chi connectivity index (χ3v) is 6.78. The van der Waals surface area contributed by atoms with Crippen molar-refractivity contribution in [1.82, 2.24) is 20.9 Å². The predicted molar refractivity (Wildman–Crippen MR) is 139 cm³/mol. The van der Waals surface area contributed by atoms with E-state index in [0.717, 1.165) is 47.7 Å². The first kappa shape index (κ1) is 25.2. The van der Waals surface area contributed by atoms with Gasteiger partial charge in [-0.3, -0.25) is 9.59 Å². The molecule has 4 rings (SSSR count). The summed E-state index contributed by atoms with van der Waals surface area (Å²) in [6, 6.07) is 17.3. The SMILES string of the molecule is CC(=O)NCc1cccc(-c2cc(C(=O)NC[C@H]3CC[C@H](CNC(=O)O)CC3)c3ccccc3n2)c1. The van der Waals surface area contributed by atoms with E-state index in [0.29, 0.717) is 42.7 Å². The molecule has 1 aliphatic rings. The maximum atomic E-state index is 13.3. The van der Waals surface area contributed by atoms with Crippen LogP contribution in [0.2, 0.25) is 0 Å². The number of nitrogens with one attached hydrogen (secondary N) is 3. The van der Waals surface area contributed by atoms with Gasteiger partial charge in [-0.15, -0.1) is 0 Å². The number of aromatic nitrogens is 1. The van der Waals surface area contributed by atoms with Crippen LogP contribution >= 0.6 is 0 Å². The van der Waals surface area contributed by atoms with E-state index in [4.69, 9.17) is 10.1 Å². The molecule has 0 aliphatic heterocycles. The summed E-state index contributed by atoms with van der Waals surface area (Å²) in [6.07, 6.45) is 2.87. The number of fused-ring (bicyclic) bond motifs is 1. The van der Waals surface area contributed by atoms with Gasteiger partial charge < -0.3 is 21.1 Å². The summed E-state index contributed by atoms with van der Waals surface area (Å²) in [4.78, 5) is 40.1. The fourth-order valence-electron chi connectivity index (χ4n) is 4.78. The summed E-state index contributed by atoms with van der Waals surface area (Å²) in [5.41, 5.74) is 3.87. The Hall–Kier alpha value is -3.94. The second-order valence-corrected chi connectivity index (χ2v) is 9.47. The Bertz CT molecular complexity index is 1250. The van der Waals surface area contributed by atoms with Gasteiger partial charge in [0.15, 0.2) is 0 Å². The van der Waals surface area contributed by atoms with Gasteiger partial charge in [-0.25, -0.2) is 9.78 Å². The van der Waals surface area contributed by atoms with Gasteiger partial charge in [0.05, 0.1) is 16.8 Å². The average Bonchev–Trinajstić information content (AvgIpc) is 2.89. The molecule has 36 heavy (non-hydrogen) atoms. The highest BCUT2D eigenvalue weighted by molar-refractivity contribution is 6.07. The molecule has 8 heteroatoms. The van der Waals surface area contributed by atoms with E-state index in [-0.39, 0.29) is 11.8 Å². The maximum Gasteiger partial charge on any atom is 0.404 e. The first-order valence-corrected chi connectivity index (χ1v) is 12.4.